The highest BCUT2D eigenvalue weighted by molar-refractivity contribution is 5.77. The van der Waals surface area contributed by atoms with Crippen molar-refractivity contribution in [1.82, 2.24) is 15.5 Å². The highest BCUT2D eigenvalue weighted by atomic mass is 16.2. The number of benzene rings is 1. The summed E-state index contributed by atoms with van der Waals surface area (Å²) in [6.07, 6.45) is 2.98. The summed E-state index contributed by atoms with van der Waals surface area (Å²) in [5, 5.41) is 5.89. The Bertz CT molecular complexity index is 634. The third-order valence-corrected chi connectivity index (χ3v) is 5.18. The van der Waals surface area contributed by atoms with Gasteiger partial charge in [-0.1, -0.05) is 31.2 Å². The first kappa shape index (κ1) is 17.7. The maximum Gasteiger partial charge on any atom is 0.315 e. The smallest absolute Gasteiger partial charge is 0.315 e. The standard InChI is InChI=1S/C19H28N4O2/c1-13-8-17(13)22-19(25)21-10-14-4-2-5-15(9-14)11-23-7-3-6-16(12-23)18(20)24/h2,4-5,9,13,16-17H,3,6-8,10-12H2,1H3,(H2,20,24)(H2,21,22,25)/t13-,16-,17-/m1/s1. The molecule has 1 aliphatic carbocycles. The van der Waals surface area contributed by atoms with Crippen LogP contribution in [0.3, 0.4) is 0 Å². The number of carbonyl (C=O) groups is 2. The minimum atomic E-state index is -0.196. The van der Waals surface area contributed by atoms with Gasteiger partial charge in [0, 0.05) is 25.7 Å². The number of nitrogens with zero attached hydrogens (tertiary/aromatic N) is 1. The number of urea groups is 1. The predicted octanol–water partition coefficient (Wildman–Crippen LogP) is 1.59. The molecule has 6 heteroatoms. The zero-order chi connectivity index (χ0) is 17.8. The van der Waals surface area contributed by atoms with Crippen molar-refractivity contribution < 1.29 is 9.59 Å². The van der Waals surface area contributed by atoms with Crippen LogP contribution in [-0.4, -0.2) is 36.0 Å². The molecule has 3 atom stereocenters. The van der Waals surface area contributed by atoms with Crippen LogP contribution >= 0.6 is 0 Å². The van der Waals surface area contributed by atoms with Crippen molar-refractivity contribution in [3.05, 3.63) is 35.4 Å². The first-order valence-electron chi connectivity index (χ1n) is 9.15. The summed E-state index contributed by atoms with van der Waals surface area (Å²) in [6.45, 7) is 5.19. The van der Waals surface area contributed by atoms with Crippen LogP contribution < -0.4 is 16.4 Å². The van der Waals surface area contributed by atoms with Gasteiger partial charge in [0.25, 0.3) is 0 Å². The number of primary amides is 1. The Morgan fingerprint density at radius 1 is 1.32 bits per heavy atom. The quantitative estimate of drug-likeness (QED) is 0.732. The number of amides is 3. The molecule has 6 nitrogen and oxygen atoms in total. The maximum absolute atomic E-state index is 11.8. The van der Waals surface area contributed by atoms with E-state index in [0.29, 0.717) is 18.5 Å². The van der Waals surface area contributed by atoms with Crippen LogP contribution in [0.5, 0.6) is 0 Å². The topological polar surface area (TPSA) is 87.5 Å². The number of hydrogen-bond acceptors (Lipinski definition) is 3. The highest BCUT2D eigenvalue weighted by Crippen LogP contribution is 2.28. The molecule has 1 saturated carbocycles. The van der Waals surface area contributed by atoms with Crippen molar-refractivity contribution in [2.45, 2.75) is 45.3 Å². The molecule has 1 heterocycles. The molecule has 0 aromatic heterocycles. The molecular weight excluding hydrogens is 316 g/mol. The predicted molar refractivity (Wildman–Crippen MR) is 96.6 cm³/mol. The molecule has 0 radical (unpaired) electrons. The van der Waals surface area contributed by atoms with Gasteiger partial charge in [0.1, 0.15) is 0 Å². The number of likely N-dealkylation sites (tertiary alicyclic amines) is 1. The minimum absolute atomic E-state index is 0.0351. The van der Waals surface area contributed by atoms with Crippen molar-refractivity contribution in [3.8, 4) is 0 Å². The zero-order valence-electron chi connectivity index (χ0n) is 14.8. The van der Waals surface area contributed by atoms with E-state index in [0.717, 1.165) is 44.5 Å². The summed E-state index contributed by atoms with van der Waals surface area (Å²) in [6, 6.07) is 8.48. The van der Waals surface area contributed by atoms with E-state index in [9.17, 15) is 9.59 Å². The second kappa shape index (κ2) is 7.87. The SMILES string of the molecule is C[C@@H]1C[C@H]1NC(=O)NCc1cccc(CN2CCC[C@@H](C(N)=O)C2)c1. The minimum Gasteiger partial charge on any atom is -0.369 e. The lowest BCUT2D eigenvalue weighted by molar-refractivity contribution is -0.123. The zero-order valence-corrected chi connectivity index (χ0v) is 14.8. The van der Waals surface area contributed by atoms with Crippen LogP contribution in [0.1, 0.15) is 37.3 Å². The van der Waals surface area contributed by atoms with Gasteiger partial charge in [-0.05, 0) is 42.9 Å². The van der Waals surface area contributed by atoms with E-state index in [4.69, 9.17) is 5.73 Å². The van der Waals surface area contributed by atoms with Gasteiger partial charge in [0.05, 0.1) is 5.92 Å². The van der Waals surface area contributed by atoms with Crippen LogP contribution in [-0.2, 0) is 17.9 Å². The van der Waals surface area contributed by atoms with Gasteiger partial charge in [0.2, 0.25) is 5.91 Å². The average molecular weight is 344 g/mol. The van der Waals surface area contributed by atoms with Crippen LogP contribution in [0.4, 0.5) is 4.79 Å². The van der Waals surface area contributed by atoms with Crippen molar-refractivity contribution in [3.63, 3.8) is 0 Å². The van der Waals surface area contributed by atoms with Crippen LogP contribution in [0.2, 0.25) is 0 Å². The van der Waals surface area contributed by atoms with E-state index in [2.05, 4.69) is 34.6 Å². The first-order valence-corrected chi connectivity index (χ1v) is 9.15. The molecule has 3 amide bonds. The molecule has 0 bridgehead atoms. The number of nitrogens with two attached hydrogens (primary N) is 1. The number of hydrogen-bond donors (Lipinski definition) is 3. The Morgan fingerprint density at radius 3 is 2.80 bits per heavy atom. The largest absolute Gasteiger partial charge is 0.369 e. The van der Waals surface area contributed by atoms with E-state index in [1.807, 2.05) is 12.1 Å². The number of nitrogens with one attached hydrogen (secondary N) is 2. The summed E-state index contributed by atoms with van der Waals surface area (Å²) in [7, 11) is 0. The number of piperidine rings is 1. The Balaban J connectivity index is 1.49. The molecule has 0 spiro atoms. The lowest BCUT2D eigenvalue weighted by Crippen LogP contribution is -2.40. The van der Waals surface area contributed by atoms with E-state index >= 15 is 0 Å². The monoisotopic (exact) mass is 344 g/mol. The fourth-order valence-corrected chi connectivity index (χ4v) is 3.45. The second-order valence-electron chi connectivity index (χ2n) is 7.44. The van der Waals surface area contributed by atoms with E-state index in [1.165, 1.54) is 5.56 Å². The van der Waals surface area contributed by atoms with Crippen LogP contribution in [0.25, 0.3) is 0 Å². The van der Waals surface area contributed by atoms with Crippen molar-refractivity contribution in [2.75, 3.05) is 13.1 Å². The van der Waals surface area contributed by atoms with Gasteiger partial charge in [0.15, 0.2) is 0 Å². The molecule has 4 N–H and O–H groups in total. The molecule has 136 valence electrons. The highest BCUT2D eigenvalue weighted by Gasteiger charge is 2.33. The molecule has 1 aliphatic heterocycles. The third-order valence-electron chi connectivity index (χ3n) is 5.18. The van der Waals surface area contributed by atoms with Crippen LogP contribution in [0.15, 0.2) is 24.3 Å². The molecule has 25 heavy (non-hydrogen) atoms. The first-order chi connectivity index (χ1) is 12.0. The molecule has 3 rings (SSSR count). The lowest BCUT2D eigenvalue weighted by Gasteiger charge is -2.31. The molecule has 0 unspecified atom stereocenters. The van der Waals surface area contributed by atoms with Gasteiger partial charge in [-0.3, -0.25) is 9.69 Å². The van der Waals surface area contributed by atoms with E-state index < -0.39 is 0 Å². The summed E-state index contributed by atoms with van der Waals surface area (Å²) >= 11 is 0. The van der Waals surface area contributed by atoms with Crippen molar-refractivity contribution >= 4 is 11.9 Å². The third kappa shape index (κ3) is 5.19. The van der Waals surface area contributed by atoms with Crippen molar-refractivity contribution in [1.29, 1.82) is 0 Å². The average Bonchev–Trinajstić information content (AvgIpc) is 3.28. The Labute approximate surface area is 149 Å². The van der Waals surface area contributed by atoms with Crippen molar-refractivity contribution in [2.24, 2.45) is 17.6 Å². The number of carbonyl (C=O) groups excluding carboxylic acids is 2. The van der Waals surface area contributed by atoms with Gasteiger partial charge < -0.3 is 16.4 Å². The molecule has 1 aromatic carbocycles. The van der Waals surface area contributed by atoms with Gasteiger partial charge >= 0.3 is 6.03 Å². The molecule has 2 fully saturated rings. The Kier molecular flexibility index (Phi) is 5.58. The van der Waals surface area contributed by atoms with Gasteiger partial charge in [-0.15, -0.1) is 0 Å². The second-order valence-corrected chi connectivity index (χ2v) is 7.44. The fourth-order valence-electron chi connectivity index (χ4n) is 3.45. The Morgan fingerprint density at radius 2 is 2.08 bits per heavy atom. The number of rotatable bonds is 6. The summed E-state index contributed by atoms with van der Waals surface area (Å²) in [5.41, 5.74) is 7.73. The summed E-state index contributed by atoms with van der Waals surface area (Å²) in [5.74, 6) is 0.369. The van der Waals surface area contributed by atoms with E-state index in [-0.39, 0.29) is 17.9 Å². The Hall–Kier alpha value is -2.08. The molecule has 1 aromatic rings. The maximum atomic E-state index is 11.8. The normalized spacial score (nSPS) is 26.0. The summed E-state index contributed by atoms with van der Waals surface area (Å²) < 4.78 is 0. The molecule has 2 aliphatic rings. The molecular formula is C19H28N4O2. The molecule has 1 saturated heterocycles. The summed E-state index contributed by atoms with van der Waals surface area (Å²) in [4.78, 5) is 25.5. The lowest BCUT2D eigenvalue weighted by atomic mass is 9.97. The van der Waals surface area contributed by atoms with Gasteiger partial charge in [-0.2, -0.15) is 0 Å². The van der Waals surface area contributed by atoms with Gasteiger partial charge in [-0.25, -0.2) is 4.79 Å². The van der Waals surface area contributed by atoms with Crippen LogP contribution in [0, 0.1) is 11.8 Å². The fraction of sp³-hybridized carbons (Fsp3) is 0.579. The van der Waals surface area contributed by atoms with E-state index in [1.54, 1.807) is 0 Å².